The van der Waals surface area contributed by atoms with E-state index in [9.17, 15) is 45.8 Å². The summed E-state index contributed by atoms with van der Waals surface area (Å²) in [4.78, 5) is 60.1. The predicted molar refractivity (Wildman–Crippen MR) is 249 cm³/mol. The molecule has 0 bridgehead atoms. The van der Waals surface area contributed by atoms with Gasteiger partial charge in [-0.05, 0) is 74.7 Å². The summed E-state index contributed by atoms with van der Waals surface area (Å²) in [5.74, 6) is -5.02. The Balaban J connectivity index is 0.942. The molecule has 2 aliphatic heterocycles. The van der Waals surface area contributed by atoms with Crippen LogP contribution in [0.4, 0.5) is 46.5 Å². The average Bonchev–Trinajstić information content (AvgIpc) is 4.11. The average molecular weight is 1050 g/mol. The second kappa shape index (κ2) is 20.5. The monoisotopic (exact) mass is 1050 g/mol. The SMILES string of the molecule is CC(C)(C)[C@H](NC(=O)COCCCCOc1ccc(-c2ncc(N3C(=S)N(c4ccc(C#N)c(C(F)(F)F)c4F)C(=O)C3(C)C)cc2F)c(C(F)(F)F)c1)C(=O)N1C[C@H](O)C[C@H]1c1ncc(-c2cncs2)[nH]1. The van der Waals surface area contributed by atoms with Crippen LogP contribution in [-0.4, -0.2) is 96.8 Å². The number of benzene rings is 2. The highest BCUT2D eigenvalue weighted by Gasteiger charge is 2.52. The van der Waals surface area contributed by atoms with Crippen molar-refractivity contribution in [2.24, 2.45) is 5.41 Å². The van der Waals surface area contributed by atoms with E-state index in [1.165, 1.54) is 42.2 Å². The van der Waals surface area contributed by atoms with Gasteiger partial charge in [0.2, 0.25) is 11.8 Å². The Hall–Kier alpha value is -6.62. The van der Waals surface area contributed by atoms with Crippen molar-refractivity contribution in [1.82, 2.24) is 30.2 Å². The van der Waals surface area contributed by atoms with Crippen molar-refractivity contribution in [3.05, 3.63) is 94.6 Å². The summed E-state index contributed by atoms with van der Waals surface area (Å²) in [6.07, 6.45) is -6.15. The number of aromatic amines is 1. The number of thiocarbonyl (C=S) groups is 1. The minimum absolute atomic E-state index is 0.0329. The largest absolute Gasteiger partial charge is 0.494 e. The van der Waals surface area contributed by atoms with Gasteiger partial charge in [-0.1, -0.05) is 20.8 Å². The van der Waals surface area contributed by atoms with Crippen molar-refractivity contribution in [2.45, 2.75) is 90.0 Å². The Kier molecular flexibility index (Phi) is 15.1. The highest BCUT2D eigenvalue weighted by molar-refractivity contribution is 7.81. The number of alkyl halides is 6. The lowest BCUT2D eigenvalue weighted by Gasteiger charge is -2.35. The van der Waals surface area contributed by atoms with E-state index in [0.29, 0.717) is 35.0 Å². The predicted octanol–water partition coefficient (Wildman–Crippen LogP) is 8.74. The van der Waals surface area contributed by atoms with Crippen LogP contribution in [0.1, 0.15) is 82.4 Å². The first-order valence-electron chi connectivity index (χ1n) is 22.0. The van der Waals surface area contributed by atoms with E-state index in [1.807, 2.05) is 0 Å². The number of likely N-dealkylation sites (tertiary alicyclic amines) is 1. The van der Waals surface area contributed by atoms with E-state index in [1.54, 1.807) is 38.7 Å². The van der Waals surface area contributed by atoms with Crippen LogP contribution in [0, 0.1) is 28.4 Å². The number of aromatic nitrogens is 4. The van der Waals surface area contributed by atoms with E-state index in [2.05, 4.69) is 25.3 Å². The zero-order valence-electron chi connectivity index (χ0n) is 38.9. The van der Waals surface area contributed by atoms with Crippen LogP contribution in [0.2, 0.25) is 0 Å². The zero-order chi connectivity index (χ0) is 52.7. The Bertz CT molecular complexity index is 2920. The highest BCUT2D eigenvalue weighted by atomic mass is 32.1. The van der Waals surface area contributed by atoms with Crippen molar-refractivity contribution in [3.8, 4) is 33.6 Å². The number of thiazole rings is 1. The van der Waals surface area contributed by atoms with Gasteiger partial charge in [-0.15, -0.1) is 11.3 Å². The Morgan fingerprint density at radius 3 is 2.39 bits per heavy atom. The number of amides is 3. The lowest BCUT2D eigenvalue weighted by Crippen LogP contribution is -2.55. The third-order valence-corrected chi connectivity index (χ3v) is 13.0. The molecule has 0 spiro atoms. The van der Waals surface area contributed by atoms with Gasteiger partial charge in [0.1, 0.15) is 41.0 Å². The van der Waals surface area contributed by atoms with Crippen LogP contribution in [0.25, 0.3) is 21.8 Å². The van der Waals surface area contributed by atoms with E-state index < -0.39 is 116 Å². The number of hydrogen-bond donors (Lipinski definition) is 3. The number of halogens is 8. The summed E-state index contributed by atoms with van der Waals surface area (Å²) in [7, 11) is 0. The standard InChI is InChI=1S/C47H45F8N9O6S2/c1-44(2,3)39(41(67)62-21-26(65)15-33(62)40-59-19-31(60-40)34-20-57-23-72-34)61-35(66)22-69-12-6-7-13-70-27-9-10-28(29(16-27)46(50,51)52)38-30(48)14-25(18-58-38)64-43(71)63(42(68)45(64,4)5)32-11-8-24(17-56)36(37(32)49)47(53,54)55/h8-11,14,16,18-20,23,26,33,39,65H,6-7,12-13,15,21-22H2,1-5H3,(H,59,60)(H,61,66)/t26-,33+,39-/m1/s1. The lowest BCUT2D eigenvalue weighted by molar-refractivity contribution is -0.141. The van der Waals surface area contributed by atoms with Gasteiger partial charge in [-0.2, -0.15) is 31.6 Å². The summed E-state index contributed by atoms with van der Waals surface area (Å²) < 4.78 is 127. The van der Waals surface area contributed by atoms with Crippen LogP contribution in [0.15, 0.2) is 60.5 Å². The molecule has 5 heterocycles. The van der Waals surface area contributed by atoms with Gasteiger partial charge in [0.25, 0.3) is 5.91 Å². The smallest absolute Gasteiger partial charge is 0.420 e. The third kappa shape index (κ3) is 10.9. The summed E-state index contributed by atoms with van der Waals surface area (Å²) in [6, 6.07) is 4.61. The van der Waals surface area contributed by atoms with Crippen molar-refractivity contribution < 1.29 is 64.1 Å². The molecule has 3 aromatic heterocycles. The number of aliphatic hydroxyl groups is 1. The molecule has 0 saturated carbocycles. The van der Waals surface area contributed by atoms with Gasteiger partial charge < -0.3 is 34.7 Å². The highest BCUT2D eigenvalue weighted by Crippen LogP contribution is 2.44. The molecule has 0 unspecified atom stereocenters. The minimum Gasteiger partial charge on any atom is -0.494 e. The Labute approximate surface area is 415 Å². The number of H-pyrrole nitrogens is 1. The number of imidazole rings is 1. The summed E-state index contributed by atoms with van der Waals surface area (Å²) >= 11 is 6.78. The quantitative estimate of drug-likeness (QED) is 0.0515. The third-order valence-electron chi connectivity index (χ3n) is 11.8. The first kappa shape index (κ1) is 53.2. The lowest BCUT2D eigenvalue weighted by atomic mass is 9.85. The fraction of sp³-hybridized carbons (Fsp3) is 0.404. The number of nitrogens with one attached hydrogen (secondary N) is 2. The molecule has 7 rings (SSSR count). The van der Waals surface area contributed by atoms with Gasteiger partial charge in [0.15, 0.2) is 16.7 Å². The number of carbonyl (C=O) groups is 3. The molecule has 0 aliphatic carbocycles. The summed E-state index contributed by atoms with van der Waals surface area (Å²) in [5, 5.41) is 21.9. The van der Waals surface area contributed by atoms with Gasteiger partial charge in [0, 0.05) is 37.4 Å². The fourth-order valence-electron chi connectivity index (χ4n) is 8.33. The van der Waals surface area contributed by atoms with Crippen LogP contribution < -0.4 is 19.9 Å². The molecule has 5 aromatic rings. The Morgan fingerprint density at radius 2 is 1.75 bits per heavy atom. The van der Waals surface area contributed by atoms with Gasteiger partial charge >= 0.3 is 12.4 Å². The number of carbonyl (C=O) groups excluding carboxylic acids is 3. The summed E-state index contributed by atoms with van der Waals surface area (Å²) in [5.41, 5.74) is -7.13. The molecule has 2 aliphatic rings. The van der Waals surface area contributed by atoms with Crippen molar-refractivity contribution >= 4 is 57.8 Å². The number of pyridine rings is 1. The molecule has 2 saturated heterocycles. The second-order valence-corrected chi connectivity index (χ2v) is 19.6. The zero-order valence-corrected chi connectivity index (χ0v) is 40.5. The molecule has 3 N–H and O–H groups in total. The van der Waals surface area contributed by atoms with Crippen LogP contribution in [0.3, 0.4) is 0 Å². The van der Waals surface area contributed by atoms with Gasteiger partial charge in [0.05, 0.1) is 75.8 Å². The molecule has 72 heavy (non-hydrogen) atoms. The number of aliphatic hydroxyl groups excluding tert-OH is 1. The van der Waals surface area contributed by atoms with E-state index in [4.69, 9.17) is 27.0 Å². The van der Waals surface area contributed by atoms with Crippen molar-refractivity contribution in [1.29, 1.82) is 5.26 Å². The number of nitrogens with zero attached hydrogens (tertiary/aromatic N) is 7. The molecular formula is C47H45F8N9O6S2. The molecule has 3 atom stereocenters. The number of nitriles is 1. The summed E-state index contributed by atoms with van der Waals surface area (Å²) in [6.45, 7) is 7.46. The molecular weight excluding hydrogens is 1000 g/mol. The number of hydrogen-bond acceptors (Lipinski definition) is 12. The number of β-amino-alcohol motifs (C(OH)–C–C–N with tert-alkyl or cyclic N) is 1. The van der Waals surface area contributed by atoms with E-state index >= 15 is 8.78 Å². The van der Waals surface area contributed by atoms with Crippen LogP contribution in [0.5, 0.6) is 5.75 Å². The van der Waals surface area contributed by atoms with Crippen LogP contribution >= 0.6 is 23.6 Å². The molecule has 2 aromatic carbocycles. The number of unbranched alkanes of at least 4 members (excludes halogenated alkanes) is 1. The second-order valence-electron chi connectivity index (χ2n) is 18.4. The molecule has 15 nitrogen and oxygen atoms in total. The van der Waals surface area contributed by atoms with E-state index in [0.717, 1.165) is 34.2 Å². The number of anilines is 2. The molecule has 25 heteroatoms. The molecule has 2 fully saturated rings. The maximum atomic E-state index is 15.9. The van der Waals surface area contributed by atoms with Crippen LogP contribution in [-0.2, 0) is 31.5 Å². The van der Waals surface area contributed by atoms with Gasteiger partial charge in [-0.25, -0.2) is 13.8 Å². The normalized spacial score (nSPS) is 17.7. The molecule has 3 amide bonds. The number of ether oxygens (including phenoxy) is 2. The first-order chi connectivity index (χ1) is 33.7. The Morgan fingerprint density at radius 1 is 1.03 bits per heavy atom. The number of rotatable bonds is 15. The molecule has 0 radical (unpaired) electrons. The topological polar surface area (TPSA) is 190 Å². The van der Waals surface area contributed by atoms with E-state index in [-0.39, 0.29) is 44.0 Å². The first-order valence-corrected chi connectivity index (χ1v) is 23.3. The maximum Gasteiger partial charge on any atom is 0.420 e. The molecule has 382 valence electrons. The van der Waals surface area contributed by atoms with Crippen molar-refractivity contribution in [2.75, 3.05) is 36.2 Å². The van der Waals surface area contributed by atoms with Crippen molar-refractivity contribution in [3.63, 3.8) is 0 Å². The fourth-order valence-corrected chi connectivity index (χ4v) is 9.43. The minimum atomic E-state index is -5.33. The maximum absolute atomic E-state index is 15.9. The van der Waals surface area contributed by atoms with Gasteiger partial charge in [-0.3, -0.25) is 29.3 Å².